The predicted molar refractivity (Wildman–Crippen MR) is 114 cm³/mol. The molecule has 5 nitrogen and oxygen atoms in total. The van der Waals surface area contributed by atoms with E-state index in [2.05, 4.69) is 50.7 Å². The fourth-order valence-electron chi connectivity index (χ4n) is 4.77. The van der Waals surface area contributed by atoms with Gasteiger partial charge in [-0.1, -0.05) is 29.8 Å². The molecule has 3 aromatic rings. The Morgan fingerprint density at radius 2 is 1.76 bits per heavy atom. The summed E-state index contributed by atoms with van der Waals surface area (Å²) in [7, 11) is 0. The van der Waals surface area contributed by atoms with Crippen molar-refractivity contribution in [1.29, 1.82) is 0 Å². The van der Waals surface area contributed by atoms with E-state index in [4.69, 9.17) is 4.98 Å². The Kier molecular flexibility index (Phi) is 5.08. The van der Waals surface area contributed by atoms with Crippen molar-refractivity contribution in [3.05, 3.63) is 83.2 Å². The highest BCUT2D eigenvalue weighted by molar-refractivity contribution is 5.81. The van der Waals surface area contributed by atoms with E-state index in [1.165, 1.54) is 16.7 Å². The molecule has 0 bridgehead atoms. The number of hydrogen-bond acceptors (Lipinski definition) is 3. The van der Waals surface area contributed by atoms with Gasteiger partial charge in [-0.2, -0.15) is 0 Å². The minimum atomic E-state index is 0.106. The SMILES string of the molecule is OCc1cccn1CCN1CCC(=C2c3ccccc3CCn3ccnc32)CC1. The topological polar surface area (TPSA) is 46.2 Å². The number of imidazole rings is 1. The van der Waals surface area contributed by atoms with E-state index >= 15 is 0 Å². The highest BCUT2D eigenvalue weighted by Gasteiger charge is 2.24. The lowest BCUT2D eigenvalue weighted by Crippen LogP contribution is -2.34. The molecule has 5 rings (SSSR count). The highest BCUT2D eigenvalue weighted by atomic mass is 16.3. The largest absolute Gasteiger partial charge is 0.390 e. The molecule has 1 aromatic carbocycles. The van der Waals surface area contributed by atoms with Crippen LogP contribution >= 0.6 is 0 Å². The third-order valence-electron chi connectivity index (χ3n) is 6.40. The van der Waals surface area contributed by atoms with Gasteiger partial charge in [0.2, 0.25) is 0 Å². The van der Waals surface area contributed by atoms with Crippen LogP contribution in [0, 0.1) is 0 Å². The molecule has 1 fully saturated rings. The minimum absolute atomic E-state index is 0.106. The second kappa shape index (κ2) is 8.01. The van der Waals surface area contributed by atoms with Gasteiger partial charge in [0.15, 0.2) is 0 Å². The van der Waals surface area contributed by atoms with Gasteiger partial charge in [-0.25, -0.2) is 4.98 Å². The number of rotatable bonds is 4. The zero-order chi connectivity index (χ0) is 19.6. The van der Waals surface area contributed by atoms with Gasteiger partial charge in [-0.05, 0) is 42.5 Å². The van der Waals surface area contributed by atoms with E-state index in [0.29, 0.717) is 0 Å². The molecule has 1 saturated heterocycles. The molecule has 2 aliphatic heterocycles. The molecule has 4 heterocycles. The van der Waals surface area contributed by atoms with E-state index in [9.17, 15) is 5.11 Å². The Hall–Kier alpha value is -2.63. The van der Waals surface area contributed by atoms with Crippen LogP contribution in [0.4, 0.5) is 0 Å². The smallest absolute Gasteiger partial charge is 0.140 e. The summed E-state index contributed by atoms with van der Waals surface area (Å²) in [5.41, 5.74) is 6.72. The number of aryl methyl sites for hydroxylation is 2. The van der Waals surface area contributed by atoms with Gasteiger partial charge < -0.3 is 19.1 Å². The van der Waals surface area contributed by atoms with Crippen molar-refractivity contribution in [1.82, 2.24) is 19.0 Å². The van der Waals surface area contributed by atoms with Crippen LogP contribution in [0.15, 0.2) is 60.6 Å². The zero-order valence-corrected chi connectivity index (χ0v) is 16.8. The number of aliphatic hydroxyl groups excluding tert-OH is 1. The Bertz CT molecular complexity index is 1020. The van der Waals surface area contributed by atoms with Crippen molar-refractivity contribution in [2.45, 2.75) is 39.0 Å². The number of hydrogen-bond donors (Lipinski definition) is 1. The maximum Gasteiger partial charge on any atom is 0.140 e. The van der Waals surface area contributed by atoms with Gasteiger partial charge in [0.05, 0.1) is 6.61 Å². The molecule has 5 heteroatoms. The predicted octanol–water partition coefficient (Wildman–Crippen LogP) is 3.33. The van der Waals surface area contributed by atoms with Crippen molar-refractivity contribution in [3.8, 4) is 0 Å². The highest BCUT2D eigenvalue weighted by Crippen LogP contribution is 2.35. The van der Waals surface area contributed by atoms with E-state index in [1.54, 1.807) is 5.57 Å². The Morgan fingerprint density at radius 3 is 2.62 bits per heavy atom. The second-order valence-corrected chi connectivity index (χ2v) is 8.02. The molecule has 0 amide bonds. The molecule has 2 aromatic heterocycles. The van der Waals surface area contributed by atoms with Crippen LogP contribution in [0.5, 0.6) is 0 Å². The summed E-state index contributed by atoms with van der Waals surface area (Å²) in [6.07, 6.45) is 9.36. The average Bonchev–Trinajstić information content (AvgIpc) is 3.39. The number of nitrogens with zero attached hydrogens (tertiary/aromatic N) is 4. The van der Waals surface area contributed by atoms with Crippen LogP contribution in [0.2, 0.25) is 0 Å². The standard InChI is InChI=1S/C24H28N4O/c29-18-21-5-3-11-27(21)17-16-26-12-7-20(8-13-26)23-22-6-2-1-4-19(22)9-14-28-15-10-25-24(23)28/h1-6,10-11,15,29H,7-9,12-14,16-18H2. The molecule has 0 unspecified atom stereocenters. The van der Waals surface area contributed by atoms with Crippen LogP contribution in [0.3, 0.4) is 0 Å². The molecule has 29 heavy (non-hydrogen) atoms. The van der Waals surface area contributed by atoms with Gasteiger partial charge in [0.1, 0.15) is 5.82 Å². The maximum atomic E-state index is 9.44. The molecule has 2 aliphatic rings. The third-order valence-corrected chi connectivity index (χ3v) is 6.40. The lowest BCUT2D eigenvalue weighted by Gasteiger charge is -2.30. The molecule has 1 N–H and O–H groups in total. The summed E-state index contributed by atoms with van der Waals surface area (Å²) in [6.45, 7) is 5.22. The number of benzene rings is 1. The summed E-state index contributed by atoms with van der Waals surface area (Å²) >= 11 is 0. The molecule has 0 radical (unpaired) electrons. The molecule has 0 spiro atoms. The van der Waals surface area contributed by atoms with E-state index in [-0.39, 0.29) is 6.61 Å². The summed E-state index contributed by atoms with van der Waals surface area (Å²) < 4.78 is 4.48. The Morgan fingerprint density at radius 1 is 0.897 bits per heavy atom. The van der Waals surface area contributed by atoms with Crippen LogP contribution < -0.4 is 0 Å². The van der Waals surface area contributed by atoms with Gasteiger partial charge >= 0.3 is 0 Å². The second-order valence-electron chi connectivity index (χ2n) is 8.02. The van der Waals surface area contributed by atoms with Crippen LogP contribution in [-0.2, 0) is 26.1 Å². The number of fused-ring (bicyclic) bond motifs is 2. The quantitative estimate of drug-likeness (QED) is 0.746. The monoisotopic (exact) mass is 388 g/mol. The molecular formula is C24H28N4O. The van der Waals surface area contributed by atoms with Gasteiger partial charge in [-0.15, -0.1) is 0 Å². The summed E-state index contributed by atoms with van der Waals surface area (Å²) in [5.74, 6) is 1.14. The van der Waals surface area contributed by atoms with E-state index < -0.39 is 0 Å². The first-order valence-electron chi connectivity index (χ1n) is 10.6. The Labute approximate surface area is 171 Å². The molecule has 0 saturated carbocycles. The molecule has 150 valence electrons. The van der Waals surface area contributed by atoms with Crippen molar-refractivity contribution >= 4 is 5.57 Å². The van der Waals surface area contributed by atoms with Gasteiger partial charge in [0, 0.05) is 62.6 Å². The Balaban J connectivity index is 1.36. The minimum Gasteiger partial charge on any atom is -0.390 e. The van der Waals surface area contributed by atoms with Crippen molar-refractivity contribution in [2.75, 3.05) is 19.6 Å². The maximum absolute atomic E-state index is 9.44. The molecular weight excluding hydrogens is 360 g/mol. The normalized spacial score (nSPS) is 17.1. The van der Waals surface area contributed by atoms with Crippen molar-refractivity contribution < 1.29 is 5.11 Å². The summed E-state index contributed by atoms with van der Waals surface area (Å²) in [5, 5.41) is 9.44. The number of likely N-dealkylation sites (tertiary alicyclic amines) is 1. The van der Waals surface area contributed by atoms with Crippen molar-refractivity contribution in [3.63, 3.8) is 0 Å². The van der Waals surface area contributed by atoms with Crippen molar-refractivity contribution in [2.24, 2.45) is 0 Å². The lowest BCUT2D eigenvalue weighted by molar-refractivity contribution is 0.237. The first kappa shape index (κ1) is 18.4. The fraction of sp³-hybridized carbons (Fsp3) is 0.375. The zero-order valence-electron chi connectivity index (χ0n) is 16.8. The van der Waals surface area contributed by atoms with Gasteiger partial charge in [-0.3, -0.25) is 0 Å². The lowest BCUT2D eigenvalue weighted by atomic mass is 9.90. The van der Waals surface area contributed by atoms with E-state index in [1.807, 2.05) is 18.3 Å². The fourth-order valence-corrected chi connectivity index (χ4v) is 4.77. The number of aromatic nitrogens is 3. The summed E-state index contributed by atoms with van der Waals surface area (Å²) in [6, 6.07) is 12.9. The molecule has 0 aliphatic carbocycles. The van der Waals surface area contributed by atoms with Crippen LogP contribution in [-0.4, -0.2) is 43.8 Å². The average molecular weight is 389 g/mol. The van der Waals surface area contributed by atoms with Crippen LogP contribution in [0.25, 0.3) is 5.57 Å². The van der Waals surface area contributed by atoms with Gasteiger partial charge in [0.25, 0.3) is 0 Å². The first-order chi connectivity index (χ1) is 14.3. The first-order valence-corrected chi connectivity index (χ1v) is 10.6. The number of aliphatic hydroxyl groups is 1. The third kappa shape index (κ3) is 3.56. The number of piperidine rings is 1. The van der Waals surface area contributed by atoms with Crippen LogP contribution in [0.1, 0.15) is 35.5 Å². The summed E-state index contributed by atoms with van der Waals surface area (Å²) in [4.78, 5) is 7.29. The van der Waals surface area contributed by atoms with E-state index in [0.717, 1.165) is 63.5 Å². The molecule has 0 atom stereocenters.